The molecule has 0 radical (unpaired) electrons. The molecule has 1 saturated heterocycles. The van der Waals surface area contributed by atoms with Gasteiger partial charge in [-0.1, -0.05) is 48.5 Å². The number of aliphatic hydroxyl groups is 2. The Morgan fingerprint density at radius 3 is 2.54 bits per heavy atom. The lowest BCUT2D eigenvalue weighted by atomic mass is 9.99. The van der Waals surface area contributed by atoms with Crippen LogP contribution in [0.3, 0.4) is 0 Å². The summed E-state index contributed by atoms with van der Waals surface area (Å²) in [6.45, 7) is 3.24. The third-order valence-corrected chi connectivity index (χ3v) is 6.62. The van der Waals surface area contributed by atoms with E-state index in [9.17, 15) is 20.1 Å². The molecule has 3 aromatic carbocycles. The normalized spacial score (nSPS) is 20.0. The maximum absolute atomic E-state index is 12.0. The van der Waals surface area contributed by atoms with E-state index >= 15 is 0 Å². The topological polar surface area (TPSA) is 124 Å². The Balaban J connectivity index is 1.50. The van der Waals surface area contributed by atoms with Crippen LogP contribution in [0.5, 0.6) is 5.75 Å². The fraction of sp³-hybridized carbons (Fsp3) is 0.367. The molecule has 1 heterocycles. The number of anilines is 1. The first-order valence-electron chi connectivity index (χ1n) is 13.2. The average Bonchev–Trinajstić information content (AvgIpc) is 2.93. The summed E-state index contributed by atoms with van der Waals surface area (Å²) in [6, 6.07) is 21.4. The van der Waals surface area contributed by atoms with E-state index in [2.05, 4.69) is 10.6 Å². The second-order valence-corrected chi connectivity index (χ2v) is 9.79. The number of rotatable bonds is 10. The Bertz CT molecular complexity index is 1220. The monoisotopic (exact) mass is 535 g/mol. The summed E-state index contributed by atoms with van der Waals surface area (Å²) < 4.78 is 12.8. The van der Waals surface area contributed by atoms with Crippen LogP contribution in [0, 0.1) is 0 Å². The van der Waals surface area contributed by atoms with Gasteiger partial charge in [0.15, 0.2) is 6.29 Å². The number of aliphatic hydroxyl groups excluding tert-OH is 2. The summed E-state index contributed by atoms with van der Waals surface area (Å²) >= 11 is 0. The molecule has 1 fully saturated rings. The summed E-state index contributed by atoms with van der Waals surface area (Å²) in [5.74, 6) is 0.115. The predicted octanol–water partition coefficient (Wildman–Crippen LogP) is 4.24. The number of likely N-dealkylation sites (N-methyl/N-ethyl adjacent to an activating group) is 1. The van der Waals surface area contributed by atoms with Crippen molar-refractivity contribution in [2.45, 2.75) is 44.6 Å². The number of carbonyl (C=O) groups is 1. The first-order valence-corrected chi connectivity index (χ1v) is 13.2. The molecule has 4 atom stereocenters. The fourth-order valence-corrected chi connectivity index (χ4v) is 4.69. The number of benzene rings is 3. The molecule has 2 amide bonds. The van der Waals surface area contributed by atoms with Crippen molar-refractivity contribution in [2.24, 2.45) is 0 Å². The van der Waals surface area contributed by atoms with E-state index in [4.69, 9.17) is 9.47 Å². The quantitative estimate of drug-likeness (QED) is 0.263. The number of phenolic OH excluding ortho intramolecular Hbond substituents is 1. The number of nitrogens with zero attached hydrogens (tertiary/aromatic N) is 1. The highest BCUT2D eigenvalue weighted by Gasteiger charge is 2.33. The Labute approximate surface area is 229 Å². The second-order valence-electron chi connectivity index (χ2n) is 9.79. The minimum absolute atomic E-state index is 0.0299. The van der Waals surface area contributed by atoms with Gasteiger partial charge in [-0.25, -0.2) is 4.79 Å². The van der Waals surface area contributed by atoms with Crippen molar-refractivity contribution in [3.05, 3.63) is 95.1 Å². The number of carbonyl (C=O) groups excluding carboxylic acids is 1. The van der Waals surface area contributed by atoms with Crippen LogP contribution in [0.25, 0.3) is 0 Å². The van der Waals surface area contributed by atoms with E-state index in [0.717, 1.165) is 16.7 Å². The standard InChI is InChI=1S/C30H37N3O6/c1-3-31-30(37)32-24-8-4-7-23(14-24)29-38-26(16-28(39-29)21-12-10-20(19-34)11-13-21)17-33(2)18-27(36)22-6-5-9-25(35)15-22/h4-15,26-29,34-36H,3,16-19H2,1-2H3,(H2,31,32,37)/t26-,27-,28+,29+/m1/s1. The first kappa shape index (κ1) is 28.5. The molecule has 208 valence electrons. The lowest BCUT2D eigenvalue weighted by molar-refractivity contribution is -0.252. The highest BCUT2D eigenvalue weighted by Crippen LogP contribution is 2.38. The van der Waals surface area contributed by atoms with Crippen molar-refractivity contribution < 1.29 is 29.6 Å². The molecule has 0 spiro atoms. The van der Waals surface area contributed by atoms with Crippen molar-refractivity contribution >= 4 is 11.7 Å². The van der Waals surface area contributed by atoms with Crippen LogP contribution in [0.15, 0.2) is 72.8 Å². The molecule has 5 N–H and O–H groups in total. The maximum atomic E-state index is 12.0. The Hall–Kier alpha value is -3.47. The third-order valence-electron chi connectivity index (χ3n) is 6.62. The molecule has 0 unspecified atom stereocenters. The van der Waals surface area contributed by atoms with Gasteiger partial charge in [0.05, 0.1) is 24.9 Å². The molecule has 1 aliphatic heterocycles. The summed E-state index contributed by atoms with van der Waals surface area (Å²) in [5.41, 5.74) is 3.84. The molecule has 39 heavy (non-hydrogen) atoms. The minimum Gasteiger partial charge on any atom is -0.508 e. The van der Waals surface area contributed by atoms with Crippen LogP contribution < -0.4 is 10.6 Å². The van der Waals surface area contributed by atoms with Crippen LogP contribution in [-0.4, -0.2) is 59.0 Å². The lowest BCUT2D eigenvalue weighted by Crippen LogP contribution is -2.39. The van der Waals surface area contributed by atoms with E-state index in [1.165, 1.54) is 0 Å². The van der Waals surface area contributed by atoms with Gasteiger partial charge < -0.3 is 40.3 Å². The van der Waals surface area contributed by atoms with Crippen molar-refractivity contribution in [1.29, 1.82) is 0 Å². The van der Waals surface area contributed by atoms with Gasteiger partial charge in [0.25, 0.3) is 0 Å². The second kappa shape index (κ2) is 13.5. The predicted molar refractivity (Wildman–Crippen MR) is 148 cm³/mol. The SMILES string of the molecule is CCNC(=O)Nc1cccc([C@H]2O[C@@H](CN(C)C[C@@H](O)c3cccc(O)c3)C[C@@H](c3ccc(CO)cc3)O2)c1. The van der Waals surface area contributed by atoms with Gasteiger partial charge in [-0.05, 0) is 54.9 Å². The zero-order chi connectivity index (χ0) is 27.8. The molecular formula is C30H37N3O6. The van der Waals surface area contributed by atoms with Crippen molar-refractivity contribution in [3.8, 4) is 5.75 Å². The minimum atomic E-state index is -0.767. The zero-order valence-electron chi connectivity index (χ0n) is 22.3. The van der Waals surface area contributed by atoms with Crippen molar-refractivity contribution in [3.63, 3.8) is 0 Å². The highest BCUT2D eigenvalue weighted by atomic mass is 16.7. The number of nitrogens with one attached hydrogen (secondary N) is 2. The summed E-state index contributed by atoms with van der Waals surface area (Å²) in [4.78, 5) is 14.0. The average molecular weight is 536 g/mol. The van der Waals surface area contributed by atoms with E-state index in [-0.39, 0.29) is 30.6 Å². The summed E-state index contributed by atoms with van der Waals surface area (Å²) in [5, 5.41) is 35.5. The van der Waals surface area contributed by atoms with Gasteiger partial charge in [-0.15, -0.1) is 0 Å². The van der Waals surface area contributed by atoms with Crippen molar-refractivity contribution in [1.82, 2.24) is 10.2 Å². The molecule has 9 nitrogen and oxygen atoms in total. The van der Waals surface area contributed by atoms with Crippen LogP contribution in [0.4, 0.5) is 10.5 Å². The largest absolute Gasteiger partial charge is 0.508 e. The Morgan fingerprint density at radius 1 is 1.05 bits per heavy atom. The third kappa shape index (κ3) is 8.01. The van der Waals surface area contributed by atoms with Crippen molar-refractivity contribution in [2.75, 3.05) is 32.0 Å². The number of urea groups is 1. The molecule has 1 aliphatic rings. The van der Waals surface area contributed by atoms with E-state index in [1.807, 2.05) is 61.3 Å². The summed E-state index contributed by atoms with van der Waals surface area (Å²) in [6.07, 6.45) is -1.32. The van der Waals surface area contributed by atoms with Gasteiger partial charge in [0.1, 0.15) is 5.75 Å². The molecule has 0 saturated carbocycles. The number of amides is 2. The number of phenols is 1. The number of ether oxygens (including phenoxy) is 2. The molecule has 0 aliphatic carbocycles. The zero-order valence-corrected chi connectivity index (χ0v) is 22.3. The molecule has 9 heteroatoms. The molecular weight excluding hydrogens is 498 g/mol. The van der Waals surface area contributed by atoms with Crippen LogP contribution in [0.1, 0.15) is 54.1 Å². The molecule has 3 aromatic rings. The van der Waals surface area contributed by atoms with E-state index in [0.29, 0.717) is 37.3 Å². The maximum Gasteiger partial charge on any atom is 0.319 e. The smallest absolute Gasteiger partial charge is 0.319 e. The van der Waals surface area contributed by atoms with Gasteiger partial charge >= 0.3 is 6.03 Å². The van der Waals surface area contributed by atoms with Crippen LogP contribution in [0.2, 0.25) is 0 Å². The van der Waals surface area contributed by atoms with Crippen LogP contribution in [-0.2, 0) is 16.1 Å². The number of hydrogen-bond donors (Lipinski definition) is 5. The fourth-order valence-electron chi connectivity index (χ4n) is 4.69. The number of hydrogen-bond acceptors (Lipinski definition) is 7. The summed E-state index contributed by atoms with van der Waals surface area (Å²) in [7, 11) is 1.92. The Kier molecular flexibility index (Phi) is 9.91. The molecule has 0 aromatic heterocycles. The molecule has 0 bridgehead atoms. The van der Waals surface area contributed by atoms with E-state index < -0.39 is 12.4 Å². The van der Waals surface area contributed by atoms with Gasteiger partial charge in [0.2, 0.25) is 0 Å². The highest BCUT2D eigenvalue weighted by molar-refractivity contribution is 5.89. The first-order chi connectivity index (χ1) is 18.8. The van der Waals surface area contributed by atoms with Crippen LogP contribution >= 0.6 is 0 Å². The lowest BCUT2D eigenvalue weighted by Gasteiger charge is -2.38. The van der Waals surface area contributed by atoms with Gasteiger partial charge in [-0.2, -0.15) is 0 Å². The number of aromatic hydroxyl groups is 1. The molecule has 4 rings (SSSR count). The van der Waals surface area contributed by atoms with Gasteiger partial charge in [-0.3, -0.25) is 0 Å². The van der Waals surface area contributed by atoms with E-state index in [1.54, 1.807) is 30.3 Å². The van der Waals surface area contributed by atoms with Gasteiger partial charge in [0, 0.05) is 37.3 Å². The Morgan fingerprint density at radius 2 is 1.82 bits per heavy atom.